The number of hydrogen-bond donors (Lipinski definition) is 1. The highest BCUT2D eigenvalue weighted by atomic mass is 32.1. The first kappa shape index (κ1) is 15.2. The van der Waals surface area contributed by atoms with Gasteiger partial charge in [-0.15, -0.1) is 0 Å². The third kappa shape index (κ3) is 4.74. The summed E-state index contributed by atoms with van der Waals surface area (Å²) in [5.74, 6) is 0.882. The average Bonchev–Trinajstić information content (AvgIpc) is 2.94. The molecule has 0 spiro atoms. The molecule has 2 rings (SSSR count). The van der Waals surface area contributed by atoms with Crippen LogP contribution in [0.25, 0.3) is 0 Å². The first-order valence-electron chi connectivity index (χ1n) is 6.93. The fourth-order valence-electron chi connectivity index (χ4n) is 2.26. The molecule has 1 fully saturated rings. The van der Waals surface area contributed by atoms with Crippen molar-refractivity contribution in [2.75, 3.05) is 33.4 Å². The molecule has 1 aromatic rings. The van der Waals surface area contributed by atoms with Gasteiger partial charge in [0.2, 0.25) is 0 Å². The topological polar surface area (TPSA) is 47.7 Å². The number of thiocarbonyl (C=S) groups is 1. The zero-order chi connectivity index (χ0) is 14.4. The van der Waals surface area contributed by atoms with Gasteiger partial charge in [0.1, 0.15) is 12.4 Å². The third-order valence-corrected chi connectivity index (χ3v) is 3.69. The highest BCUT2D eigenvalue weighted by Crippen LogP contribution is 2.14. The van der Waals surface area contributed by atoms with E-state index < -0.39 is 0 Å². The van der Waals surface area contributed by atoms with E-state index in [2.05, 4.69) is 11.9 Å². The average molecular weight is 294 g/mol. The molecule has 110 valence electrons. The van der Waals surface area contributed by atoms with Gasteiger partial charge < -0.3 is 15.2 Å². The van der Waals surface area contributed by atoms with E-state index in [1.807, 2.05) is 24.3 Å². The first-order chi connectivity index (χ1) is 9.65. The number of benzene rings is 1. The molecule has 4 nitrogen and oxygen atoms in total. The minimum Gasteiger partial charge on any atom is -0.492 e. The van der Waals surface area contributed by atoms with Crippen LogP contribution in [0.2, 0.25) is 0 Å². The Morgan fingerprint density at radius 2 is 2.20 bits per heavy atom. The maximum atomic E-state index is 5.75. The van der Waals surface area contributed by atoms with Gasteiger partial charge in [0, 0.05) is 25.6 Å². The van der Waals surface area contributed by atoms with E-state index in [0.29, 0.717) is 24.1 Å². The van der Waals surface area contributed by atoms with Gasteiger partial charge in [-0.25, -0.2) is 0 Å². The number of ether oxygens (including phenoxy) is 2. The largest absolute Gasteiger partial charge is 0.492 e. The maximum absolute atomic E-state index is 5.75. The van der Waals surface area contributed by atoms with Crippen LogP contribution in [0.4, 0.5) is 0 Å². The molecule has 20 heavy (non-hydrogen) atoms. The first-order valence-corrected chi connectivity index (χ1v) is 7.34. The van der Waals surface area contributed by atoms with Crippen LogP contribution in [0.5, 0.6) is 5.75 Å². The van der Waals surface area contributed by atoms with E-state index in [0.717, 1.165) is 37.5 Å². The van der Waals surface area contributed by atoms with Crippen molar-refractivity contribution >= 4 is 17.2 Å². The highest BCUT2D eigenvalue weighted by Gasteiger charge is 2.19. The number of nitrogens with two attached hydrogens (primary N) is 1. The fourth-order valence-corrected chi connectivity index (χ4v) is 2.43. The van der Waals surface area contributed by atoms with Crippen LogP contribution >= 0.6 is 12.2 Å². The highest BCUT2D eigenvalue weighted by molar-refractivity contribution is 7.80. The van der Waals surface area contributed by atoms with Crippen LogP contribution < -0.4 is 10.5 Å². The second kappa shape index (κ2) is 7.57. The second-order valence-corrected chi connectivity index (χ2v) is 5.66. The SMILES string of the molecule is CN(CCOc1ccc(CC(N)=S)cc1)C1CCOC1. The summed E-state index contributed by atoms with van der Waals surface area (Å²) in [5.41, 5.74) is 6.64. The second-order valence-electron chi connectivity index (χ2n) is 5.13. The van der Waals surface area contributed by atoms with Crippen molar-refractivity contribution in [1.82, 2.24) is 4.90 Å². The Labute approximate surface area is 125 Å². The van der Waals surface area contributed by atoms with E-state index in [4.69, 9.17) is 27.4 Å². The molecule has 0 saturated carbocycles. The lowest BCUT2D eigenvalue weighted by molar-refractivity contribution is 0.147. The van der Waals surface area contributed by atoms with Crippen LogP contribution in [0.15, 0.2) is 24.3 Å². The van der Waals surface area contributed by atoms with Gasteiger partial charge in [0.25, 0.3) is 0 Å². The molecule has 1 heterocycles. The molecule has 1 atom stereocenters. The summed E-state index contributed by atoms with van der Waals surface area (Å²) in [7, 11) is 2.12. The van der Waals surface area contributed by atoms with Gasteiger partial charge in [-0.05, 0) is 31.2 Å². The normalized spacial score (nSPS) is 18.4. The Bertz CT molecular complexity index is 430. The Kier molecular flexibility index (Phi) is 5.76. The standard InChI is InChI=1S/C15H22N2O2S/c1-17(13-6-8-18-11-13)7-9-19-14-4-2-12(3-5-14)10-15(16)20/h2-5,13H,6-11H2,1H3,(H2,16,20). The summed E-state index contributed by atoms with van der Waals surface area (Å²) in [5, 5.41) is 0. The molecular formula is C15H22N2O2S. The summed E-state index contributed by atoms with van der Waals surface area (Å²) in [6.45, 7) is 3.30. The Morgan fingerprint density at radius 3 is 2.80 bits per heavy atom. The van der Waals surface area contributed by atoms with Crippen LogP contribution in [-0.4, -0.2) is 49.3 Å². The molecule has 0 aliphatic carbocycles. The summed E-state index contributed by atoms with van der Waals surface area (Å²) in [6.07, 6.45) is 1.75. The lowest BCUT2D eigenvalue weighted by Crippen LogP contribution is -2.35. The minimum atomic E-state index is 0.513. The van der Waals surface area contributed by atoms with Gasteiger partial charge in [-0.3, -0.25) is 4.90 Å². The van der Waals surface area contributed by atoms with Crippen molar-refractivity contribution in [2.45, 2.75) is 18.9 Å². The number of rotatable bonds is 7. The molecule has 0 bridgehead atoms. The molecule has 5 heteroatoms. The Hall–Kier alpha value is -1.17. The van der Waals surface area contributed by atoms with E-state index in [1.54, 1.807) is 0 Å². The molecular weight excluding hydrogens is 272 g/mol. The summed E-state index contributed by atoms with van der Waals surface area (Å²) in [6, 6.07) is 8.47. The lowest BCUT2D eigenvalue weighted by atomic mass is 10.1. The van der Waals surface area contributed by atoms with Gasteiger partial charge >= 0.3 is 0 Å². The van der Waals surface area contributed by atoms with Crippen molar-refractivity contribution in [1.29, 1.82) is 0 Å². The summed E-state index contributed by atoms with van der Waals surface area (Å²) < 4.78 is 11.1. The van der Waals surface area contributed by atoms with Gasteiger partial charge in [-0.2, -0.15) is 0 Å². The number of likely N-dealkylation sites (N-methyl/N-ethyl adjacent to an activating group) is 1. The molecule has 0 amide bonds. The van der Waals surface area contributed by atoms with Gasteiger partial charge in [-0.1, -0.05) is 24.4 Å². The molecule has 0 aromatic heterocycles. The fraction of sp³-hybridized carbons (Fsp3) is 0.533. The third-order valence-electron chi connectivity index (χ3n) is 3.54. The quantitative estimate of drug-likeness (QED) is 0.774. The van der Waals surface area contributed by atoms with Crippen LogP contribution in [0, 0.1) is 0 Å². The molecule has 0 radical (unpaired) electrons. The van der Waals surface area contributed by atoms with Crippen molar-refractivity contribution in [2.24, 2.45) is 5.73 Å². The van der Waals surface area contributed by atoms with Gasteiger partial charge in [0.05, 0.1) is 11.6 Å². The molecule has 1 saturated heterocycles. The minimum absolute atomic E-state index is 0.513. The van der Waals surface area contributed by atoms with Crippen molar-refractivity contribution in [3.63, 3.8) is 0 Å². The maximum Gasteiger partial charge on any atom is 0.119 e. The van der Waals surface area contributed by atoms with E-state index in [-0.39, 0.29) is 0 Å². The zero-order valence-electron chi connectivity index (χ0n) is 11.9. The number of hydrogen-bond acceptors (Lipinski definition) is 4. The summed E-state index contributed by atoms with van der Waals surface area (Å²) >= 11 is 4.89. The molecule has 1 aromatic carbocycles. The predicted molar refractivity (Wildman–Crippen MR) is 84.3 cm³/mol. The van der Waals surface area contributed by atoms with E-state index >= 15 is 0 Å². The molecule has 1 unspecified atom stereocenters. The van der Waals surface area contributed by atoms with Crippen LogP contribution in [0.1, 0.15) is 12.0 Å². The van der Waals surface area contributed by atoms with E-state index in [1.165, 1.54) is 0 Å². The Morgan fingerprint density at radius 1 is 1.45 bits per heavy atom. The van der Waals surface area contributed by atoms with Crippen LogP contribution in [0.3, 0.4) is 0 Å². The monoisotopic (exact) mass is 294 g/mol. The molecule has 2 N–H and O–H groups in total. The summed E-state index contributed by atoms with van der Waals surface area (Å²) in [4.78, 5) is 2.81. The van der Waals surface area contributed by atoms with Crippen molar-refractivity contribution < 1.29 is 9.47 Å². The van der Waals surface area contributed by atoms with Crippen molar-refractivity contribution in [3.8, 4) is 5.75 Å². The number of nitrogens with zero attached hydrogens (tertiary/aromatic N) is 1. The predicted octanol–water partition coefficient (Wildman–Crippen LogP) is 1.61. The van der Waals surface area contributed by atoms with Gasteiger partial charge in [0.15, 0.2) is 0 Å². The van der Waals surface area contributed by atoms with Crippen molar-refractivity contribution in [3.05, 3.63) is 29.8 Å². The Balaban J connectivity index is 1.72. The smallest absolute Gasteiger partial charge is 0.119 e. The molecule has 1 aliphatic rings. The zero-order valence-corrected chi connectivity index (χ0v) is 12.7. The molecule has 1 aliphatic heterocycles. The lowest BCUT2D eigenvalue weighted by Gasteiger charge is -2.22. The van der Waals surface area contributed by atoms with Crippen LogP contribution in [-0.2, 0) is 11.2 Å². The van der Waals surface area contributed by atoms with E-state index in [9.17, 15) is 0 Å².